The van der Waals surface area contributed by atoms with Crippen molar-refractivity contribution in [2.24, 2.45) is 22.7 Å². The minimum atomic E-state index is -0.793. The lowest BCUT2D eigenvalue weighted by atomic mass is 9.46. The Kier molecular flexibility index (Phi) is 6.32. The van der Waals surface area contributed by atoms with Gasteiger partial charge in [-0.1, -0.05) is 50.3 Å². The van der Waals surface area contributed by atoms with E-state index in [9.17, 15) is 19.5 Å². The zero-order valence-corrected chi connectivity index (χ0v) is 19.3. The summed E-state index contributed by atoms with van der Waals surface area (Å²) in [5.74, 6) is -0.889. The lowest BCUT2D eigenvalue weighted by Gasteiger charge is -2.58. The normalized spacial score (nSPS) is 37.4. The molecule has 3 fully saturated rings. The highest BCUT2D eigenvalue weighted by atomic mass is 16.6. The van der Waals surface area contributed by atoms with Gasteiger partial charge in [0, 0.05) is 0 Å². The van der Waals surface area contributed by atoms with Crippen molar-refractivity contribution in [2.45, 2.75) is 58.2 Å². The van der Waals surface area contributed by atoms with Crippen molar-refractivity contribution in [3.63, 3.8) is 0 Å². The van der Waals surface area contributed by atoms with Crippen LogP contribution in [0, 0.1) is 22.7 Å². The molecule has 2 saturated carbocycles. The summed E-state index contributed by atoms with van der Waals surface area (Å²) in [6, 6.07) is 8.65. The Labute approximate surface area is 194 Å². The predicted molar refractivity (Wildman–Crippen MR) is 122 cm³/mol. The molecule has 2 aliphatic carbocycles. The lowest BCUT2D eigenvalue weighted by molar-refractivity contribution is -0.151. The number of aliphatic hydroxyl groups excluding tert-OH is 1. The van der Waals surface area contributed by atoms with Gasteiger partial charge in [0.05, 0.1) is 22.7 Å². The summed E-state index contributed by atoms with van der Waals surface area (Å²) in [7, 11) is 0. The van der Waals surface area contributed by atoms with Crippen molar-refractivity contribution in [1.82, 2.24) is 0 Å². The average molecular weight is 453 g/mol. The Morgan fingerprint density at radius 3 is 2.70 bits per heavy atom. The maximum atomic E-state index is 12.5. The Morgan fingerprint density at radius 1 is 1.27 bits per heavy atom. The van der Waals surface area contributed by atoms with Gasteiger partial charge in [-0.05, 0) is 61.5 Å². The molecule has 6 atom stereocenters. The first kappa shape index (κ1) is 23.4. The van der Waals surface area contributed by atoms with Gasteiger partial charge in [-0.15, -0.1) is 0 Å². The molecule has 4 rings (SSSR count). The summed E-state index contributed by atoms with van der Waals surface area (Å²) >= 11 is 0. The maximum Gasteiger partial charge on any atom is 0.338 e. The second kappa shape index (κ2) is 8.90. The third kappa shape index (κ3) is 4.05. The molecular weight excluding hydrogens is 420 g/mol. The van der Waals surface area contributed by atoms with Gasteiger partial charge in [0.1, 0.15) is 12.9 Å². The quantitative estimate of drug-likeness (QED) is 0.314. The van der Waals surface area contributed by atoms with Crippen LogP contribution in [0.5, 0.6) is 0 Å². The minimum absolute atomic E-state index is 0.00412. The van der Waals surface area contributed by atoms with Crippen molar-refractivity contribution in [3.05, 3.63) is 59.7 Å². The van der Waals surface area contributed by atoms with Gasteiger partial charge >= 0.3 is 11.9 Å². The molecule has 176 valence electrons. The highest BCUT2D eigenvalue weighted by Gasteiger charge is 2.57. The van der Waals surface area contributed by atoms with Gasteiger partial charge in [0.2, 0.25) is 0 Å². The van der Waals surface area contributed by atoms with Crippen LogP contribution >= 0.6 is 0 Å². The number of aliphatic hydroxyl groups is 1. The number of benzene rings is 1. The van der Waals surface area contributed by atoms with Crippen LogP contribution in [0.4, 0.5) is 0 Å². The maximum absolute atomic E-state index is 12.5. The first-order valence-electron chi connectivity index (χ1n) is 11.7. The second-order valence-corrected chi connectivity index (χ2v) is 10.1. The Bertz CT molecular complexity index is 982. The van der Waals surface area contributed by atoms with E-state index >= 15 is 0 Å². The van der Waals surface area contributed by atoms with Gasteiger partial charge in [-0.25, -0.2) is 9.59 Å². The van der Waals surface area contributed by atoms with Crippen LogP contribution in [0.2, 0.25) is 0 Å². The summed E-state index contributed by atoms with van der Waals surface area (Å²) in [5.41, 5.74) is 0.853. The molecule has 3 aliphatic rings. The molecule has 1 saturated heterocycles. The molecule has 0 aromatic heterocycles. The topological polar surface area (TPSA) is 89.9 Å². The van der Waals surface area contributed by atoms with Crippen LogP contribution in [0.3, 0.4) is 0 Å². The smallest absolute Gasteiger partial charge is 0.338 e. The number of cyclic esters (lactones) is 1. The van der Waals surface area contributed by atoms with Crippen molar-refractivity contribution >= 4 is 18.2 Å². The van der Waals surface area contributed by atoms with Crippen molar-refractivity contribution in [3.8, 4) is 0 Å². The molecule has 0 bridgehead atoms. The molecule has 0 radical (unpaired) electrons. The first-order valence-corrected chi connectivity index (χ1v) is 11.7. The molecule has 6 nitrogen and oxygen atoms in total. The number of ether oxygens (including phenoxy) is 2. The number of rotatable bonds is 5. The van der Waals surface area contributed by atoms with Crippen LogP contribution in [0.15, 0.2) is 54.1 Å². The second-order valence-electron chi connectivity index (χ2n) is 10.1. The molecule has 1 heterocycles. The Hall–Kier alpha value is -2.73. The standard InChI is InChI=1S/C27H32O6/c1-17-9-12-22-26(2,14-13-23(29)27(22,3)16-28)20(17)11-10-19-21(15-32-25(19)31)33-24(30)18-7-5-4-6-8-18/h4-8,10,16,20-23,29H,1,9,11-15H2,2-3H3/b19-10+/t20-,21-,22+,23-,26+,27+/m1/s1. The van der Waals surface area contributed by atoms with E-state index in [1.807, 2.05) is 19.1 Å². The Morgan fingerprint density at radius 2 is 2.00 bits per heavy atom. The van der Waals surface area contributed by atoms with E-state index in [0.29, 0.717) is 24.0 Å². The number of aldehydes is 1. The highest BCUT2D eigenvalue weighted by Crippen LogP contribution is 2.61. The van der Waals surface area contributed by atoms with Crippen LogP contribution in [0.25, 0.3) is 0 Å². The van der Waals surface area contributed by atoms with Crippen molar-refractivity contribution in [1.29, 1.82) is 0 Å². The van der Waals surface area contributed by atoms with E-state index in [1.54, 1.807) is 24.3 Å². The fourth-order valence-electron chi connectivity index (χ4n) is 6.28. The third-order valence-electron chi connectivity index (χ3n) is 8.30. The molecule has 1 aliphatic heterocycles. The summed E-state index contributed by atoms with van der Waals surface area (Å²) in [6.45, 7) is 8.36. The predicted octanol–water partition coefficient (Wildman–Crippen LogP) is 4.03. The van der Waals surface area contributed by atoms with E-state index in [-0.39, 0.29) is 23.9 Å². The molecule has 1 aromatic carbocycles. The van der Waals surface area contributed by atoms with Gasteiger partial charge in [-0.2, -0.15) is 0 Å². The van der Waals surface area contributed by atoms with E-state index in [4.69, 9.17) is 9.47 Å². The number of allylic oxidation sites excluding steroid dienone is 2. The van der Waals surface area contributed by atoms with Gasteiger partial charge in [0.25, 0.3) is 0 Å². The lowest BCUT2D eigenvalue weighted by Crippen LogP contribution is -2.56. The van der Waals surface area contributed by atoms with Crippen molar-refractivity contribution in [2.75, 3.05) is 6.61 Å². The fraction of sp³-hybridized carbons (Fsp3) is 0.519. The van der Waals surface area contributed by atoms with Gasteiger partial charge in [-0.3, -0.25) is 0 Å². The molecular formula is C27H32O6. The Balaban J connectivity index is 1.55. The molecule has 0 unspecified atom stereocenters. The highest BCUT2D eigenvalue weighted by molar-refractivity contribution is 5.94. The number of hydrogen-bond donors (Lipinski definition) is 1. The number of carbonyl (C=O) groups is 3. The average Bonchev–Trinajstić information content (AvgIpc) is 3.15. The van der Waals surface area contributed by atoms with E-state index < -0.39 is 29.6 Å². The SMILES string of the molecule is C=C1CC[C@@H]2[C@](C)(C=O)[C@H](O)CC[C@@]2(C)[C@@H]1C/C=C1/C(=O)OC[C@H]1OC(=O)c1ccccc1. The van der Waals surface area contributed by atoms with E-state index in [2.05, 4.69) is 13.5 Å². The van der Waals surface area contributed by atoms with Gasteiger partial charge in [0.15, 0.2) is 6.10 Å². The van der Waals surface area contributed by atoms with Crippen LogP contribution in [-0.2, 0) is 19.1 Å². The fourth-order valence-corrected chi connectivity index (χ4v) is 6.28. The monoisotopic (exact) mass is 452 g/mol. The van der Waals surface area contributed by atoms with E-state index in [1.165, 1.54) is 0 Å². The number of esters is 2. The van der Waals surface area contributed by atoms with Crippen LogP contribution < -0.4 is 0 Å². The molecule has 0 spiro atoms. The first-order chi connectivity index (χ1) is 15.7. The van der Waals surface area contributed by atoms with Gasteiger partial charge < -0.3 is 19.4 Å². The molecule has 1 N–H and O–H groups in total. The number of hydrogen-bond acceptors (Lipinski definition) is 6. The summed E-state index contributed by atoms with van der Waals surface area (Å²) in [6.07, 6.45) is 4.83. The molecule has 33 heavy (non-hydrogen) atoms. The summed E-state index contributed by atoms with van der Waals surface area (Å²) < 4.78 is 10.8. The molecule has 0 amide bonds. The minimum Gasteiger partial charge on any atom is -0.458 e. The zero-order valence-electron chi connectivity index (χ0n) is 19.3. The van der Waals surface area contributed by atoms with Crippen molar-refractivity contribution < 1.29 is 29.0 Å². The van der Waals surface area contributed by atoms with E-state index in [0.717, 1.165) is 31.1 Å². The third-order valence-corrected chi connectivity index (χ3v) is 8.30. The van der Waals surface area contributed by atoms with Crippen LogP contribution in [0.1, 0.15) is 56.3 Å². The summed E-state index contributed by atoms with van der Waals surface area (Å²) in [5, 5.41) is 10.6. The number of carbonyl (C=O) groups excluding carboxylic acids is 3. The summed E-state index contributed by atoms with van der Waals surface area (Å²) in [4.78, 5) is 37.0. The molecule has 1 aromatic rings. The zero-order chi connectivity index (χ0) is 23.8. The van der Waals surface area contributed by atoms with Crippen LogP contribution in [-0.4, -0.2) is 42.1 Å². The largest absolute Gasteiger partial charge is 0.458 e. The molecule has 6 heteroatoms. The number of fused-ring (bicyclic) bond motifs is 1.